The highest BCUT2D eigenvalue weighted by Gasteiger charge is 2.21. The number of benzene rings is 2. The number of H-pyrrole nitrogens is 1. The van der Waals surface area contributed by atoms with Gasteiger partial charge in [0.15, 0.2) is 0 Å². The van der Waals surface area contributed by atoms with E-state index in [0.717, 1.165) is 16.5 Å². The van der Waals surface area contributed by atoms with E-state index in [2.05, 4.69) is 17.6 Å². The number of rotatable bonds is 5. The van der Waals surface area contributed by atoms with Crippen LogP contribution in [0.1, 0.15) is 21.6 Å². The second-order valence-corrected chi connectivity index (χ2v) is 6.02. The Morgan fingerprint density at radius 3 is 2.60 bits per heavy atom. The molecule has 124 valence electrons. The summed E-state index contributed by atoms with van der Waals surface area (Å²) in [5.74, 6) is -0.189. The fourth-order valence-electron chi connectivity index (χ4n) is 2.69. The van der Waals surface area contributed by atoms with E-state index < -0.39 is 0 Å². The molecular formula is C20H16ClN3O. The van der Waals surface area contributed by atoms with Gasteiger partial charge in [-0.15, -0.1) is 6.58 Å². The molecule has 5 heteroatoms. The van der Waals surface area contributed by atoms with E-state index in [1.807, 2.05) is 36.4 Å². The maximum Gasteiger partial charge on any atom is 0.272 e. The van der Waals surface area contributed by atoms with Crippen molar-refractivity contribution in [2.24, 2.45) is 0 Å². The summed E-state index contributed by atoms with van der Waals surface area (Å²) in [7, 11) is 0. The van der Waals surface area contributed by atoms with Gasteiger partial charge in [0, 0.05) is 24.0 Å². The summed E-state index contributed by atoms with van der Waals surface area (Å²) in [5, 5.41) is 10.1. The molecule has 0 radical (unpaired) electrons. The van der Waals surface area contributed by atoms with Gasteiger partial charge in [0.05, 0.1) is 16.7 Å². The number of nitrogens with one attached hydrogen (secondary N) is 1. The van der Waals surface area contributed by atoms with E-state index in [0.29, 0.717) is 29.4 Å². The molecule has 0 unspecified atom stereocenters. The van der Waals surface area contributed by atoms with E-state index in [4.69, 9.17) is 16.9 Å². The monoisotopic (exact) mass is 349 g/mol. The number of nitrogens with zero attached hydrogens (tertiary/aromatic N) is 2. The van der Waals surface area contributed by atoms with Gasteiger partial charge in [0.1, 0.15) is 5.69 Å². The Bertz CT molecular complexity index is 967. The molecule has 1 aromatic heterocycles. The molecular weight excluding hydrogens is 334 g/mol. The molecule has 1 N–H and O–H groups in total. The Hall–Kier alpha value is -3.03. The first-order chi connectivity index (χ1) is 12.1. The lowest BCUT2D eigenvalue weighted by Crippen LogP contribution is -2.31. The van der Waals surface area contributed by atoms with E-state index in [1.54, 1.807) is 23.1 Å². The van der Waals surface area contributed by atoms with Crippen LogP contribution in [-0.4, -0.2) is 22.3 Å². The third-order valence-corrected chi connectivity index (χ3v) is 4.34. The Morgan fingerprint density at radius 2 is 1.96 bits per heavy atom. The van der Waals surface area contributed by atoms with Crippen molar-refractivity contribution < 1.29 is 4.79 Å². The van der Waals surface area contributed by atoms with Crippen LogP contribution >= 0.6 is 11.6 Å². The molecule has 0 aliphatic heterocycles. The quantitative estimate of drug-likeness (QED) is 0.688. The van der Waals surface area contributed by atoms with Crippen molar-refractivity contribution in [2.75, 3.05) is 6.54 Å². The standard InChI is InChI=1S/C20H16ClN3O/c1-2-11-24(13-15-9-7-14(12-22)8-10-15)20(25)19-18(21)16-5-3-4-6-17(16)23-19/h2-10,23H,1,11,13H2. The van der Waals surface area contributed by atoms with Crippen molar-refractivity contribution in [3.05, 3.63) is 83.0 Å². The fraction of sp³-hybridized carbons (Fsp3) is 0.100. The smallest absolute Gasteiger partial charge is 0.272 e. The molecule has 1 amide bonds. The Labute approximate surface area is 150 Å². The van der Waals surface area contributed by atoms with E-state index in [-0.39, 0.29) is 5.91 Å². The number of fused-ring (bicyclic) bond motifs is 1. The first kappa shape index (κ1) is 16.8. The predicted octanol–water partition coefficient (Wildman–Crippen LogP) is 4.52. The normalized spacial score (nSPS) is 10.4. The molecule has 25 heavy (non-hydrogen) atoms. The minimum Gasteiger partial charge on any atom is -0.349 e. The van der Waals surface area contributed by atoms with E-state index in [1.165, 1.54) is 0 Å². The molecule has 0 saturated heterocycles. The van der Waals surface area contributed by atoms with Crippen molar-refractivity contribution in [2.45, 2.75) is 6.54 Å². The molecule has 3 rings (SSSR count). The lowest BCUT2D eigenvalue weighted by atomic mass is 10.1. The average Bonchev–Trinajstić information content (AvgIpc) is 2.98. The molecule has 0 bridgehead atoms. The number of para-hydroxylation sites is 1. The van der Waals surface area contributed by atoms with Crippen molar-refractivity contribution in [1.82, 2.24) is 9.88 Å². The predicted molar refractivity (Wildman–Crippen MR) is 99.4 cm³/mol. The zero-order valence-electron chi connectivity index (χ0n) is 13.5. The largest absolute Gasteiger partial charge is 0.349 e. The van der Waals surface area contributed by atoms with Crippen LogP contribution in [0.2, 0.25) is 5.02 Å². The van der Waals surface area contributed by atoms with Crippen molar-refractivity contribution in [3.63, 3.8) is 0 Å². The molecule has 0 saturated carbocycles. The Morgan fingerprint density at radius 1 is 1.24 bits per heavy atom. The second-order valence-electron chi connectivity index (χ2n) is 5.64. The molecule has 3 aromatic rings. The first-order valence-corrected chi connectivity index (χ1v) is 8.17. The Balaban J connectivity index is 1.90. The van der Waals surface area contributed by atoms with Gasteiger partial charge in [-0.25, -0.2) is 0 Å². The number of nitriles is 1. The first-order valence-electron chi connectivity index (χ1n) is 7.79. The summed E-state index contributed by atoms with van der Waals surface area (Å²) in [4.78, 5) is 17.7. The summed E-state index contributed by atoms with van der Waals surface area (Å²) in [6.45, 7) is 4.53. The van der Waals surface area contributed by atoms with Gasteiger partial charge in [-0.1, -0.05) is 48.0 Å². The van der Waals surface area contributed by atoms with Crippen LogP contribution in [0.25, 0.3) is 10.9 Å². The van der Waals surface area contributed by atoms with E-state index in [9.17, 15) is 4.79 Å². The van der Waals surface area contributed by atoms with Gasteiger partial charge < -0.3 is 9.88 Å². The maximum absolute atomic E-state index is 13.0. The minimum atomic E-state index is -0.189. The molecule has 0 spiro atoms. The number of hydrogen-bond acceptors (Lipinski definition) is 2. The Kier molecular flexibility index (Phi) is 4.87. The molecule has 0 atom stereocenters. The molecule has 1 heterocycles. The number of halogens is 1. The van der Waals surface area contributed by atoms with Gasteiger partial charge >= 0.3 is 0 Å². The summed E-state index contributed by atoms with van der Waals surface area (Å²) in [5.41, 5.74) is 2.72. The minimum absolute atomic E-state index is 0.189. The van der Waals surface area contributed by atoms with Crippen molar-refractivity contribution in [1.29, 1.82) is 5.26 Å². The van der Waals surface area contributed by atoms with Crippen LogP contribution in [0.5, 0.6) is 0 Å². The fourth-order valence-corrected chi connectivity index (χ4v) is 2.99. The van der Waals surface area contributed by atoms with Crippen LogP contribution in [-0.2, 0) is 6.54 Å². The van der Waals surface area contributed by atoms with Gasteiger partial charge in [0.25, 0.3) is 5.91 Å². The lowest BCUT2D eigenvalue weighted by Gasteiger charge is -2.21. The topological polar surface area (TPSA) is 59.9 Å². The van der Waals surface area contributed by atoms with Crippen LogP contribution in [0.15, 0.2) is 61.2 Å². The van der Waals surface area contributed by atoms with Gasteiger partial charge in [-0.05, 0) is 23.8 Å². The summed E-state index contributed by atoms with van der Waals surface area (Å²) >= 11 is 6.40. The highest BCUT2D eigenvalue weighted by molar-refractivity contribution is 6.38. The number of carbonyl (C=O) groups excluding carboxylic acids is 1. The van der Waals surface area contributed by atoms with Crippen molar-refractivity contribution in [3.8, 4) is 6.07 Å². The summed E-state index contributed by atoms with van der Waals surface area (Å²) in [6.07, 6.45) is 1.68. The van der Waals surface area contributed by atoms with Crippen LogP contribution in [0.4, 0.5) is 0 Å². The number of hydrogen-bond donors (Lipinski definition) is 1. The highest BCUT2D eigenvalue weighted by Crippen LogP contribution is 2.28. The van der Waals surface area contributed by atoms with E-state index >= 15 is 0 Å². The molecule has 0 aliphatic rings. The zero-order valence-corrected chi connectivity index (χ0v) is 14.3. The van der Waals surface area contributed by atoms with Gasteiger partial charge in [-0.3, -0.25) is 4.79 Å². The third-order valence-electron chi connectivity index (χ3n) is 3.95. The zero-order chi connectivity index (χ0) is 17.8. The molecule has 0 fully saturated rings. The van der Waals surface area contributed by atoms with Crippen LogP contribution in [0.3, 0.4) is 0 Å². The van der Waals surface area contributed by atoms with Crippen LogP contribution in [0, 0.1) is 11.3 Å². The third kappa shape index (κ3) is 3.42. The average molecular weight is 350 g/mol. The number of amides is 1. The van der Waals surface area contributed by atoms with Gasteiger partial charge in [-0.2, -0.15) is 5.26 Å². The maximum atomic E-state index is 13.0. The SMILES string of the molecule is C=CCN(Cc1ccc(C#N)cc1)C(=O)c1[nH]c2ccccc2c1Cl. The van der Waals surface area contributed by atoms with Crippen LogP contribution < -0.4 is 0 Å². The summed E-state index contributed by atoms with van der Waals surface area (Å²) in [6, 6.07) is 16.8. The highest BCUT2D eigenvalue weighted by atomic mass is 35.5. The lowest BCUT2D eigenvalue weighted by molar-refractivity contribution is 0.0758. The molecule has 4 nitrogen and oxygen atoms in total. The number of aromatic amines is 1. The second kappa shape index (κ2) is 7.25. The number of carbonyl (C=O) groups is 1. The summed E-state index contributed by atoms with van der Waals surface area (Å²) < 4.78 is 0. The molecule has 0 aliphatic carbocycles. The molecule has 2 aromatic carbocycles. The van der Waals surface area contributed by atoms with Gasteiger partial charge in [0.2, 0.25) is 0 Å². The number of aromatic nitrogens is 1. The van der Waals surface area contributed by atoms with Crippen molar-refractivity contribution >= 4 is 28.4 Å².